The van der Waals surface area contributed by atoms with Crippen LogP contribution in [-0.4, -0.2) is 52.5 Å². The molecule has 1 N–H and O–H groups in total. The molecule has 22 heavy (non-hydrogen) atoms. The van der Waals surface area contributed by atoms with Crippen molar-refractivity contribution in [2.45, 2.75) is 13.3 Å². The zero-order valence-corrected chi connectivity index (χ0v) is 12.9. The largest absolute Gasteiger partial charge is 0.489 e. The molecule has 0 fully saturated rings. The molecule has 0 bridgehead atoms. The van der Waals surface area contributed by atoms with Crippen LogP contribution in [0.5, 0.6) is 5.75 Å². The molecule has 0 unspecified atom stereocenters. The number of amides is 1. The molecular weight excluding hydrogens is 282 g/mol. The Labute approximate surface area is 129 Å². The summed E-state index contributed by atoms with van der Waals surface area (Å²) >= 11 is 0. The van der Waals surface area contributed by atoms with Crippen molar-refractivity contribution in [3.63, 3.8) is 0 Å². The highest BCUT2D eigenvalue weighted by molar-refractivity contribution is 5.94. The van der Waals surface area contributed by atoms with Gasteiger partial charge >= 0.3 is 0 Å². The molecule has 1 aromatic heterocycles. The highest BCUT2D eigenvalue weighted by Gasteiger charge is 2.21. The third kappa shape index (κ3) is 3.65. The van der Waals surface area contributed by atoms with E-state index in [-0.39, 0.29) is 24.8 Å². The van der Waals surface area contributed by atoms with Gasteiger partial charge in [0.05, 0.1) is 25.1 Å². The summed E-state index contributed by atoms with van der Waals surface area (Å²) in [6.45, 7) is 2.68. The number of carbonyl (C=O) groups excluding carboxylic acids is 1. The first-order valence-electron chi connectivity index (χ1n) is 7.31. The average Bonchev–Trinajstić information content (AvgIpc) is 2.97. The Bertz CT molecular complexity index is 610. The maximum absolute atomic E-state index is 12.4. The number of rotatable bonds is 7. The third-order valence-electron chi connectivity index (χ3n) is 3.15. The van der Waals surface area contributed by atoms with Crippen LogP contribution in [0.4, 0.5) is 0 Å². The fraction of sp³-hybridized carbons (Fsp3) is 0.375. The molecule has 0 spiro atoms. The molecule has 1 heterocycles. The Morgan fingerprint density at radius 2 is 2.09 bits per heavy atom. The van der Waals surface area contributed by atoms with E-state index in [9.17, 15) is 4.79 Å². The number of aliphatic hydroxyl groups excluding tert-OH is 1. The van der Waals surface area contributed by atoms with Gasteiger partial charge in [0.2, 0.25) is 0 Å². The fourth-order valence-electron chi connectivity index (χ4n) is 1.97. The van der Waals surface area contributed by atoms with E-state index in [0.29, 0.717) is 12.4 Å². The van der Waals surface area contributed by atoms with E-state index in [1.807, 2.05) is 37.3 Å². The van der Waals surface area contributed by atoms with Crippen LogP contribution in [0.3, 0.4) is 0 Å². The quantitative estimate of drug-likeness (QED) is 0.846. The van der Waals surface area contributed by atoms with Gasteiger partial charge in [0, 0.05) is 13.6 Å². The lowest BCUT2D eigenvalue weighted by Crippen LogP contribution is -2.30. The summed E-state index contributed by atoms with van der Waals surface area (Å²) in [4.78, 5) is 13.8. The highest BCUT2D eigenvalue weighted by atomic mass is 16.5. The van der Waals surface area contributed by atoms with Crippen molar-refractivity contribution in [3.8, 4) is 11.4 Å². The Morgan fingerprint density at radius 1 is 1.36 bits per heavy atom. The summed E-state index contributed by atoms with van der Waals surface area (Å²) in [5.74, 6) is 0.190. The molecular formula is C16H21N3O3. The molecule has 0 saturated heterocycles. The van der Waals surface area contributed by atoms with Crippen molar-refractivity contribution in [2.75, 3.05) is 26.8 Å². The first-order chi connectivity index (χ1) is 10.7. The second kappa shape index (κ2) is 7.61. The van der Waals surface area contributed by atoms with Gasteiger partial charge in [0.25, 0.3) is 5.91 Å². The molecule has 0 radical (unpaired) electrons. The number of hydrogen-bond donors (Lipinski definition) is 1. The van der Waals surface area contributed by atoms with Crippen LogP contribution < -0.4 is 4.74 Å². The summed E-state index contributed by atoms with van der Waals surface area (Å²) in [6.07, 6.45) is 2.56. The SMILES string of the molecule is CCCOc1cn(-c2ccccc2)nc1C(=O)N(C)CCO. The van der Waals surface area contributed by atoms with E-state index in [1.165, 1.54) is 4.90 Å². The lowest BCUT2D eigenvalue weighted by atomic mass is 10.3. The maximum atomic E-state index is 12.4. The minimum atomic E-state index is -0.269. The first kappa shape index (κ1) is 16.0. The van der Waals surface area contributed by atoms with Crippen molar-refractivity contribution in [3.05, 3.63) is 42.2 Å². The summed E-state index contributed by atoms with van der Waals surface area (Å²) in [7, 11) is 1.63. The molecule has 2 rings (SSSR count). The van der Waals surface area contributed by atoms with E-state index in [1.54, 1.807) is 17.9 Å². The van der Waals surface area contributed by atoms with Crippen molar-refractivity contribution < 1.29 is 14.6 Å². The van der Waals surface area contributed by atoms with Crippen LogP contribution in [-0.2, 0) is 0 Å². The van der Waals surface area contributed by atoms with E-state index in [2.05, 4.69) is 5.10 Å². The van der Waals surface area contributed by atoms with Crippen LogP contribution >= 0.6 is 0 Å². The monoisotopic (exact) mass is 303 g/mol. The van der Waals surface area contributed by atoms with Gasteiger partial charge in [0.1, 0.15) is 0 Å². The van der Waals surface area contributed by atoms with Crippen LogP contribution in [0, 0.1) is 0 Å². The summed E-state index contributed by atoms with van der Waals surface area (Å²) in [5.41, 5.74) is 1.11. The zero-order valence-electron chi connectivity index (χ0n) is 12.9. The van der Waals surface area contributed by atoms with Gasteiger partial charge < -0.3 is 14.7 Å². The molecule has 118 valence electrons. The number of aliphatic hydroxyl groups is 1. The molecule has 0 saturated carbocycles. The van der Waals surface area contributed by atoms with Gasteiger partial charge in [-0.05, 0) is 18.6 Å². The van der Waals surface area contributed by atoms with Crippen LogP contribution in [0.15, 0.2) is 36.5 Å². The fourth-order valence-corrected chi connectivity index (χ4v) is 1.97. The predicted molar refractivity (Wildman–Crippen MR) is 83.4 cm³/mol. The molecule has 0 atom stereocenters. The highest BCUT2D eigenvalue weighted by Crippen LogP contribution is 2.21. The van der Waals surface area contributed by atoms with Crippen molar-refractivity contribution >= 4 is 5.91 Å². The number of benzene rings is 1. The first-order valence-corrected chi connectivity index (χ1v) is 7.31. The van der Waals surface area contributed by atoms with Crippen molar-refractivity contribution in [2.24, 2.45) is 0 Å². The van der Waals surface area contributed by atoms with Crippen LogP contribution in [0.25, 0.3) is 5.69 Å². The van der Waals surface area contributed by atoms with Gasteiger partial charge in [-0.1, -0.05) is 25.1 Å². The Balaban J connectivity index is 2.34. The van der Waals surface area contributed by atoms with Gasteiger partial charge in [-0.2, -0.15) is 5.10 Å². The number of aromatic nitrogens is 2. The third-order valence-corrected chi connectivity index (χ3v) is 3.15. The second-order valence-corrected chi connectivity index (χ2v) is 4.92. The molecule has 6 heteroatoms. The normalized spacial score (nSPS) is 10.5. The molecule has 0 aliphatic heterocycles. The number of ether oxygens (including phenoxy) is 1. The van der Waals surface area contributed by atoms with Crippen LogP contribution in [0.1, 0.15) is 23.8 Å². The molecule has 2 aromatic rings. The molecule has 1 aromatic carbocycles. The molecule has 0 aliphatic carbocycles. The lowest BCUT2D eigenvalue weighted by molar-refractivity contribution is 0.0756. The van der Waals surface area contributed by atoms with Gasteiger partial charge in [-0.3, -0.25) is 4.79 Å². The van der Waals surface area contributed by atoms with Crippen molar-refractivity contribution in [1.82, 2.24) is 14.7 Å². The maximum Gasteiger partial charge on any atom is 0.278 e. The smallest absolute Gasteiger partial charge is 0.278 e. The zero-order chi connectivity index (χ0) is 15.9. The van der Waals surface area contributed by atoms with E-state index < -0.39 is 0 Å². The van der Waals surface area contributed by atoms with E-state index in [4.69, 9.17) is 9.84 Å². The van der Waals surface area contributed by atoms with Gasteiger partial charge in [-0.15, -0.1) is 0 Å². The number of hydrogen-bond acceptors (Lipinski definition) is 4. The lowest BCUT2D eigenvalue weighted by Gasteiger charge is -2.14. The summed E-state index contributed by atoms with van der Waals surface area (Å²) in [5, 5.41) is 13.3. The molecule has 6 nitrogen and oxygen atoms in total. The molecule has 1 amide bonds. The predicted octanol–water partition coefficient (Wildman–Crippen LogP) is 1.73. The average molecular weight is 303 g/mol. The summed E-state index contributed by atoms with van der Waals surface area (Å²) < 4.78 is 7.27. The number of para-hydroxylation sites is 1. The summed E-state index contributed by atoms with van der Waals surface area (Å²) in [6, 6.07) is 9.54. The standard InChI is InChI=1S/C16H21N3O3/c1-3-11-22-14-12-19(13-7-5-4-6-8-13)17-15(14)16(21)18(2)9-10-20/h4-8,12,20H,3,9-11H2,1-2H3. The second-order valence-electron chi connectivity index (χ2n) is 4.92. The topological polar surface area (TPSA) is 67.6 Å². The Hall–Kier alpha value is -2.34. The van der Waals surface area contributed by atoms with E-state index in [0.717, 1.165) is 12.1 Å². The minimum absolute atomic E-state index is 0.0905. The molecule has 0 aliphatic rings. The van der Waals surface area contributed by atoms with Gasteiger partial charge in [-0.25, -0.2) is 4.68 Å². The van der Waals surface area contributed by atoms with Crippen molar-refractivity contribution in [1.29, 1.82) is 0 Å². The van der Waals surface area contributed by atoms with Crippen LogP contribution in [0.2, 0.25) is 0 Å². The number of nitrogens with zero attached hydrogens (tertiary/aromatic N) is 3. The number of likely N-dealkylation sites (N-methyl/N-ethyl adjacent to an activating group) is 1. The number of carbonyl (C=O) groups is 1. The van der Waals surface area contributed by atoms with Gasteiger partial charge in [0.15, 0.2) is 11.4 Å². The van der Waals surface area contributed by atoms with E-state index >= 15 is 0 Å². The minimum Gasteiger partial charge on any atom is -0.489 e. The Morgan fingerprint density at radius 3 is 2.73 bits per heavy atom. The Kier molecular flexibility index (Phi) is 5.55.